The number of aromatic nitrogens is 1. The minimum atomic E-state index is -1.11. The predicted molar refractivity (Wildman–Crippen MR) is 139 cm³/mol. The highest BCUT2D eigenvalue weighted by atomic mass is 35.5. The molecule has 1 aliphatic rings. The number of aliphatic hydroxyl groups excluding tert-OH is 1. The van der Waals surface area contributed by atoms with Gasteiger partial charge in [0.15, 0.2) is 11.5 Å². The molecule has 2 heterocycles. The number of pyridine rings is 1. The number of ketones is 1. The van der Waals surface area contributed by atoms with Gasteiger partial charge in [0.1, 0.15) is 16.8 Å². The van der Waals surface area contributed by atoms with Gasteiger partial charge in [-0.2, -0.15) is 0 Å². The molecule has 0 radical (unpaired) electrons. The molecule has 0 spiro atoms. The Morgan fingerprint density at radius 1 is 1.05 bits per heavy atom. The van der Waals surface area contributed by atoms with E-state index in [0.717, 1.165) is 0 Å². The summed E-state index contributed by atoms with van der Waals surface area (Å²) in [6, 6.07) is 11.6. The van der Waals surface area contributed by atoms with E-state index in [2.05, 4.69) is 10.3 Å². The number of methoxy groups -OCH3 is 2. The molecule has 1 aliphatic heterocycles. The fourth-order valence-electron chi connectivity index (χ4n) is 4.14. The Labute approximate surface area is 222 Å². The summed E-state index contributed by atoms with van der Waals surface area (Å²) in [5, 5.41) is 14.1. The molecule has 37 heavy (non-hydrogen) atoms. The molecular weight excluding hydrogens is 521 g/mol. The molecule has 2 aromatic carbocycles. The van der Waals surface area contributed by atoms with Crippen LogP contribution >= 0.6 is 23.2 Å². The summed E-state index contributed by atoms with van der Waals surface area (Å²) in [6.07, 6.45) is 1.50. The standard InChI is InChI=1S/C26H21Cl2N3O6/c1-13(32)30-14-7-6-8-15(11-14)31-21(18-9-4-5-10-29-18)19(23(34)26(31)35)22(33)16-12-17(27)25(37-3)20(28)24(16)36-2/h4-12,21,33H,1-3H3,(H,30,32)/b22-19+. The lowest BCUT2D eigenvalue weighted by Crippen LogP contribution is -2.30. The molecule has 1 unspecified atom stereocenters. The van der Waals surface area contributed by atoms with E-state index in [1.54, 1.807) is 42.5 Å². The third kappa shape index (κ3) is 4.71. The molecule has 2 amide bonds. The number of hydrogen-bond donors (Lipinski definition) is 2. The smallest absolute Gasteiger partial charge is 0.300 e. The molecular formula is C26H21Cl2N3O6. The van der Waals surface area contributed by atoms with Gasteiger partial charge in [-0.1, -0.05) is 35.3 Å². The molecule has 1 aromatic heterocycles. The number of carbonyl (C=O) groups excluding carboxylic acids is 3. The van der Waals surface area contributed by atoms with Crippen LogP contribution in [-0.4, -0.2) is 41.9 Å². The normalized spacial score (nSPS) is 16.6. The largest absolute Gasteiger partial charge is 0.507 e. The lowest BCUT2D eigenvalue weighted by molar-refractivity contribution is -0.132. The maximum atomic E-state index is 13.4. The maximum Gasteiger partial charge on any atom is 0.300 e. The van der Waals surface area contributed by atoms with Gasteiger partial charge in [0, 0.05) is 24.5 Å². The van der Waals surface area contributed by atoms with Crippen molar-refractivity contribution in [2.24, 2.45) is 0 Å². The Balaban J connectivity index is 1.98. The second kappa shape index (κ2) is 10.5. The van der Waals surface area contributed by atoms with Crippen LogP contribution in [0.5, 0.6) is 11.5 Å². The highest BCUT2D eigenvalue weighted by molar-refractivity contribution is 6.52. The van der Waals surface area contributed by atoms with Crippen molar-refractivity contribution in [1.82, 2.24) is 4.98 Å². The van der Waals surface area contributed by atoms with Gasteiger partial charge in [0.2, 0.25) is 5.91 Å². The van der Waals surface area contributed by atoms with E-state index in [4.69, 9.17) is 32.7 Å². The fourth-order valence-corrected chi connectivity index (χ4v) is 4.83. The van der Waals surface area contributed by atoms with Crippen molar-refractivity contribution < 1.29 is 29.0 Å². The molecule has 2 N–H and O–H groups in total. The predicted octanol–water partition coefficient (Wildman–Crippen LogP) is 4.99. The summed E-state index contributed by atoms with van der Waals surface area (Å²) in [6.45, 7) is 1.35. The quantitative estimate of drug-likeness (QED) is 0.256. The maximum absolute atomic E-state index is 13.4. The average molecular weight is 542 g/mol. The summed E-state index contributed by atoms with van der Waals surface area (Å²) >= 11 is 12.7. The molecule has 0 aliphatic carbocycles. The highest BCUT2D eigenvalue weighted by Crippen LogP contribution is 2.47. The van der Waals surface area contributed by atoms with Crippen LogP contribution in [-0.2, 0) is 14.4 Å². The fraction of sp³-hybridized carbons (Fsp3) is 0.154. The number of nitrogens with zero attached hydrogens (tertiary/aromatic N) is 2. The number of anilines is 2. The molecule has 1 fully saturated rings. The van der Waals surface area contributed by atoms with Crippen LogP contribution < -0.4 is 19.7 Å². The zero-order valence-electron chi connectivity index (χ0n) is 19.9. The zero-order valence-corrected chi connectivity index (χ0v) is 21.4. The van der Waals surface area contributed by atoms with Gasteiger partial charge in [-0.25, -0.2) is 0 Å². The minimum absolute atomic E-state index is 0.000887. The van der Waals surface area contributed by atoms with Crippen LogP contribution in [0.15, 0.2) is 60.3 Å². The highest BCUT2D eigenvalue weighted by Gasteiger charge is 2.48. The lowest BCUT2D eigenvalue weighted by atomic mass is 9.97. The van der Waals surface area contributed by atoms with E-state index < -0.39 is 23.5 Å². The van der Waals surface area contributed by atoms with E-state index in [1.165, 1.54) is 38.3 Å². The Morgan fingerprint density at radius 3 is 2.41 bits per heavy atom. The third-order valence-corrected chi connectivity index (χ3v) is 6.28. The van der Waals surface area contributed by atoms with Crippen molar-refractivity contribution in [2.45, 2.75) is 13.0 Å². The first kappa shape index (κ1) is 26.0. The number of carbonyl (C=O) groups is 3. The Kier molecular flexibility index (Phi) is 7.37. The number of halogens is 2. The van der Waals surface area contributed by atoms with Crippen molar-refractivity contribution in [3.63, 3.8) is 0 Å². The molecule has 11 heteroatoms. The van der Waals surface area contributed by atoms with E-state index in [0.29, 0.717) is 17.1 Å². The average Bonchev–Trinajstić information content (AvgIpc) is 3.14. The van der Waals surface area contributed by atoms with Crippen LogP contribution in [0.1, 0.15) is 24.2 Å². The van der Waals surface area contributed by atoms with E-state index >= 15 is 0 Å². The van der Waals surface area contributed by atoms with Gasteiger partial charge in [-0.3, -0.25) is 24.3 Å². The summed E-state index contributed by atoms with van der Waals surface area (Å²) < 4.78 is 10.6. The van der Waals surface area contributed by atoms with Gasteiger partial charge < -0.3 is 19.9 Å². The first-order valence-electron chi connectivity index (χ1n) is 10.9. The lowest BCUT2D eigenvalue weighted by Gasteiger charge is -2.25. The number of hydrogen-bond acceptors (Lipinski definition) is 7. The number of nitrogens with one attached hydrogen (secondary N) is 1. The second-order valence-electron chi connectivity index (χ2n) is 7.94. The van der Waals surface area contributed by atoms with Crippen molar-refractivity contribution in [1.29, 1.82) is 0 Å². The number of aliphatic hydroxyl groups is 1. The monoisotopic (exact) mass is 541 g/mol. The molecule has 0 saturated carbocycles. The number of amides is 2. The summed E-state index contributed by atoms with van der Waals surface area (Å²) in [5.41, 5.74) is 0.786. The molecule has 0 bridgehead atoms. The van der Waals surface area contributed by atoms with Crippen LogP contribution in [0, 0.1) is 0 Å². The molecule has 3 aromatic rings. The van der Waals surface area contributed by atoms with Gasteiger partial charge in [0.25, 0.3) is 11.7 Å². The molecule has 190 valence electrons. The number of benzene rings is 2. The topological polar surface area (TPSA) is 118 Å². The van der Waals surface area contributed by atoms with E-state index in [1.807, 2.05) is 0 Å². The Bertz CT molecular complexity index is 1440. The molecule has 1 saturated heterocycles. The van der Waals surface area contributed by atoms with Gasteiger partial charge >= 0.3 is 0 Å². The molecule has 4 rings (SSSR count). The first-order chi connectivity index (χ1) is 17.7. The number of ether oxygens (including phenoxy) is 2. The summed E-state index contributed by atoms with van der Waals surface area (Å²) in [7, 11) is 2.70. The van der Waals surface area contributed by atoms with E-state index in [9.17, 15) is 19.5 Å². The van der Waals surface area contributed by atoms with Crippen LogP contribution in [0.3, 0.4) is 0 Å². The second-order valence-corrected chi connectivity index (χ2v) is 8.73. The van der Waals surface area contributed by atoms with E-state index in [-0.39, 0.29) is 38.6 Å². The molecule has 9 nitrogen and oxygen atoms in total. The van der Waals surface area contributed by atoms with Gasteiger partial charge in [-0.15, -0.1) is 0 Å². The number of rotatable bonds is 6. The van der Waals surface area contributed by atoms with Crippen LogP contribution in [0.4, 0.5) is 11.4 Å². The SMILES string of the molecule is COc1c(Cl)cc(/C(O)=C2\C(=O)C(=O)N(c3cccc(NC(C)=O)c3)C2c2ccccn2)c(OC)c1Cl. The summed E-state index contributed by atoms with van der Waals surface area (Å²) in [4.78, 5) is 43.9. The third-order valence-electron chi connectivity index (χ3n) is 5.65. The van der Waals surface area contributed by atoms with Crippen molar-refractivity contribution >= 4 is 57.9 Å². The number of Topliss-reactive ketones (excluding diaryl/α,β-unsaturated/α-hetero) is 1. The van der Waals surface area contributed by atoms with Crippen LogP contribution in [0.25, 0.3) is 5.76 Å². The van der Waals surface area contributed by atoms with Crippen molar-refractivity contribution in [2.75, 3.05) is 24.4 Å². The zero-order chi connectivity index (χ0) is 26.9. The molecule has 1 atom stereocenters. The minimum Gasteiger partial charge on any atom is -0.507 e. The van der Waals surface area contributed by atoms with Crippen molar-refractivity contribution in [3.8, 4) is 11.5 Å². The van der Waals surface area contributed by atoms with Crippen LogP contribution in [0.2, 0.25) is 10.0 Å². The summed E-state index contributed by atoms with van der Waals surface area (Å²) in [5.74, 6) is -2.60. The van der Waals surface area contributed by atoms with Gasteiger partial charge in [-0.05, 0) is 36.4 Å². The van der Waals surface area contributed by atoms with Gasteiger partial charge in [0.05, 0.1) is 36.1 Å². The Morgan fingerprint density at radius 2 is 1.78 bits per heavy atom. The first-order valence-corrected chi connectivity index (χ1v) is 11.6. The Hall–Kier alpha value is -4.08. The van der Waals surface area contributed by atoms with Crippen molar-refractivity contribution in [3.05, 3.63) is 81.6 Å².